The SMILES string of the molecule is N#CC(CN(CC(N)=O)C1CCCC1)C(F)(F)F. The van der Waals surface area contributed by atoms with Crippen LogP contribution in [0.15, 0.2) is 0 Å². The zero-order chi connectivity index (χ0) is 13.8. The number of nitrogens with zero attached hydrogens (tertiary/aromatic N) is 2. The van der Waals surface area contributed by atoms with Crippen molar-refractivity contribution in [3.05, 3.63) is 0 Å². The summed E-state index contributed by atoms with van der Waals surface area (Å²) in [6.45, 7) is -0.702. The fourth-order valence-corrected chi connectivity index (χ4v) is 2.26. The van der Waals surface area contributed by atoms with Gasteiger partial charge in [-0.05, 0) is 12.8 Å². The minimum atomic E-state index is -4.57. The van der Waals surface area contributed by atoms with Crippen LogP contribution >= 0.6 is 0 Å². The Balaban J connectivity index is 2.71. The Kier molecular flexibility index (Phi) is 4.96. The van der Waals surface area contributed by atoms with Gasteiger partial charge in [0.05, 0.1) is 12.6 Å². The van der Waals surface area contributed by atoms with Crippen molar-refractivity contribution in [3.8, 4) is 6.07 Å². The lowest BCUT2D eigenvalue weighted by Gasteiger charge is -2.29. The summed E-state index contributed by atoms with van der Waals surface area (Å²) in [6.07, 6.45) is -1.19. The number of carbonyl (C=O) groups is 1. The minimum absolute atomic E-state index is 0.0734. The van der Waals surface area contributed by atoms with Crippen molar-refractivity contribution in [2.24, 2.45) is 11.7 Å². The summed E-state index contributed by atoms with van der Waals surface area (Å²) in [5.41, 5.74) is 5.04. The molecule has 0 radical (unpaired) electrons. The number of amides is 1. The van der Waals surface area contributed by atoms with E-state index < -0.39 is 24.5 Å². The van der Waals surface area contributed by atoms with Crippen LogP contribution in [0.3, 0.4) is 0 Å². The topological polar surface area (TPSA) is 70.1 Å². The Bertz CT molecular complexity index is 331. The zero-order valence-electron chi connectivity index (χ0n) is 9.91. The van der Waals surface area contributed by atoms with Gasteiger partial charge < -0.3 is 5.73 Å². The van der Waals surface area contributed by atoms with E-state index in [0.717, 1.165) is 25.7 Å². The van der Waals surface area contributed by atoms with Crippen molar-refractivity contribution in [3.63, 3.8) is 0 Å². The molecule has 1 aliphatic carbocycles. The van der Waals surface area contributed by atoms with Gasteiger partial charge >= 0.3 is 6.18 Å². The van der Waals surface area contributed by atoms with Gasteiger partial charge in [0.1, 0.15) is 0 Å². The van der Waals surface area contributed by atoms with E-state index in [1.54, 1.807) is 0 Å². The summed E-state index contributed by atoms with van der Waals surface area (Å²) >= 11 is 0. The first-order valence-electron chi connectivity index (χ1n) is 5.83. The molecule has 0 aromatic heterocycles. The number of rotatable bonds is 5. The summed E-state index contributed by atoms with van der Waals surface area (Å²) in [4.78, 5) is 12.3. The number of nitriles is 1. The number of nitrogens with two attached hydrogens (primary N) is 1. The van der Waals surface area contributed by atoms with Crippen LogP contribution in [0.2, 0.25) is 0 Å². The fraction of sp³-hybridized carbons (Fsp3) is 0.818. The molecular formula is C11H16F3N3O. The first kappa shape index (κ1) is 14.8. The van der Waals surface area contributed by atoms with E-state index in [-0.39, 0.29) is 12.6 Å². The maximum Gasteiger partial charge on any atom is 0.405 e. The molecule has 102 valence electrons. The Labute approximate surface area is 104 Å². The van der Waals surface area contributed by atoms with E-state index in [0.29, 0.717) is 0 Å². The number of carbonyl (C=O) groups excluding carboxylic acids is 1. The maximum atomic E-state index is 12.5. The molecule has 0 bridgehead atoms. The molecule has 1 rings (SSSR count). The average molecular weight is 263 g/mol. The summed E-state index contributed by atoms with van der Waals surface area (Å²) < 4.78 is 37.6. The maximum absolute atomic E-state index is 12.5. The van der Waals surface area contributed by atoms with Gasteiger partial charge in [0.15, 0.2) is 5.92 Å². The van der Waals surface area contributed by atoms with Crippen LogP contribution in [0.5, 0.6) is 0 Å². The number of halogens is 3. The van der Waals surface area contributed by atoms with Crippen LogP contribution in [0.1, 0.15) is 25.7 Å². The Morgan fingerprint density at radius 3 is 2.39 bits per heavy atom. The first-order valence-corrected chi connectivity index (χ1v) is 5.83. The van der Waals surface area contributed by atoms with Crippen molar-refractivity contribution >= 4 is 5.91 Å². The monoisotopic (exact) mass is 263 g/mol. The van der Waals surface area contributed by atoms with E-state index in [4.69, 9.17) is 11.0 Å². The molecule has 0 heterocycles. The molecule has 1 aliphatic rings. The molecule has 0 spiro atoms. The molecule has 18 heavy (non-hydrogen) atoms. The normalized spacial score (nSPS) is 18.8. The quantitative estimate of drug-likeness (QED) is 0.815. The third-order valence-electron chi connectivity index (χ3n) is 3.17. The van der Waals surface area contributed by atoms with Gasteiger partial charge in [-0.3, -0.25) is 9.69 Å². The predicted octanol–water partition coefficient (Wildman–Crippen LogP) is 1.42. The number of alkyl halides is 3. The molecule has 1 fully saturated rings. The van der Waals surface area contributed by atoms with Gasteiger partial charge in [-0.1, -0.05) is 12.8 Å². The molecule has 7 heteroatoms. The minimum Gasteiger partial charge on any atom is -0.369 e. The number of hydrogen-bond acceptors (Lipinski definition) is 3. The molecule has 1 atom stereocenters. The molecule has 0 aromatic carbocycles. The lowest BCUT2D eigenvalue weighted by molar-refractivity contribution is -0.165. The highest BCUT2D eigenvalue weighted by molar-refractivity contribution is 5.75. The lowest BCUT2D eigenvalue weighted by Crippen LogP contribution is -2.45. The van der Waals surface area contributed by atoms with E-state index >= 15 is 0 Å². The molecule has 1 amide bonds. The highest BCUT2D eigenvalue weighted by Gasteiger charge is 2.42. The van der Waals surface area contributed by atoms with E-state index in [1.807, 2.05) is 0 Å². The third-order valence-corrected chi connectivity index (χ3v) is 3.17. The molecular weight excluding hydrogens is 247 g/mol. The smallest absolute Gasteiger partial charge is 0.369 e. The van der Waals surface area contributed by atoms with Gasteiger partial charge in [0.2, 0.25) is 5.91 Å². The average Bonchev–Trinajstić information content (AvgIpc) is 2.74. The van der Waals surface area contributed by atoms with Crippen molar-refractivity contribution in [2.75, 3.05) is 13.1 Å². The predicted molar refractivity (Wildman–Crippen MR) is 58.2 cm³/mol. The van der Waals surface area contributed by atoms with Gasteiger partial charge in [-0.15, -0.1) is 0 Å². The van der Waals surface area contributed by atoms with Crippen molar-refractivity contribution in [2.45, 2.75) is 37.9 Å². The van der Waals surface area contributed by atoms with Gasteiger partial charge in [0, 0.05) is 12.6 Å². The van der Waals surface area contributed by atoms with Crippen molar-refractivity contribution in [1.82, 2.24) is 4.90 Å². The second kappa shape index (κ2) is 6.05. The second-order valence-corrected chi connectivity index (χ2v) is 4.56. The molecule has 0 aromatic rings. The Morgan fingerprint density at radius 1 is 1.44 bits per heavy atom. The molecule has 2 N–H and O–H groups in total. The van der Waals surface area contributed by atoms with Gasteiger partial charge in [-0.2, -0.15) is 18.4 Å². The lowest BCUT2D eigenvalue weighted by atomic mass is 10.1. The van der Waals surface area contributed by atoms with E-state index in [2.05, 4.69) is 0 Å². The first-order chi connectivity index (χ1) is 8.34. The summed E-state index contributed by atoms with van der Waals surface area (Å²) in [6, 6.07) is 1.18. The van der Waals surface area contributed by atoms with Gasteiger partial charge in [-0.25, -0.2) is 0 Å². The summed E-state index contributed by atoms with van der Waals surface area (Å²) in [5, 5.41) is 8.57. The van der Waals surface area contributed by atoms with Crippen LogP contribution in [0.4, 0.5) is 13.2 Å². The van der Waals surface area contributed by atoms with Crippen LogP contribution in [0, 0.1) is 17.2 Å². The molecule has 1 unspecified atom stereocenters. The Hall–Kier alpha value is -1.29. The van der Waals surface area contributed by atoms with Gasteiger partial charge in [0.25, 0.3) is 0 Å². The highest BCUT2D eigenvalue weighted by atomic mass is 19.4. The zero-order valence-corrected chi connectivity index (χ0v) is 9.91. The second-order valence-electron chi connectivity index (χ2n) is 4.56. The van der Waals surface area contributed by atoms with Crippen molar-refractivity contribution in [1.29, 1.82) is 5.26 Å². The number of hydrogen-bond donors (Lipinski definition) is 1. The highest BCUT2D eigenvalue weighted by Crippen LogP contribution is 2.29. The van der Waals surface area contributed by atoms with E-state index in [9.17, 15) is 18.0 Å². The standard InChI is InChI=1S/C11H16F3N3O/c12-11(13,14)8(5-15)6-17(7-10(16)18)9-3-1-2-4-9/h8-9H,1-4,6-7H2,(H2,16,18). The molecule has 0 saturated heterocycles. The largest absolute Gasteiger partial charge is 0.405 e. The summed E-state index contributed by atoms with van der Waals surface area (Å²) in [5.74, 6) is -2.74. The van der Waals surface area contributed by atoms with Crippen LogP contribution < -0.4 is 5.73 Å². The fourth-order valence-electron chi connectivity index (χ4n) is 2.26. The molecule has 4 nitrogen and oxygen atoms in total. The van der Waals surface area contributed by atoms with E-state index in [1.165, 1.54) is 11.0 Å². The van der Waals surface area contributed by atoms with Crippen molar-refractivity contribution < 1.29 is 18.0 Å². The molecule has 0 aliphatic heterocycles. The third kappa shape index (κ3) is 4.18. The summed E-state index contributed by atoms with van der Waals surface area (Å²) in [7, 11) is 0. The van der Waals surface area contributed by atoms with Crippen LogP contribution in [0.25, 0.3) is 0 Å². The Morgan fingerprint density at radius 2 is 2.00 bits per heavy atom. The van der Waals surface area contributed by atoms with Crippen LogP contribution in [-0.4, -0.2) is 36.1 Å². The molecule has 1 saturated carbocycles. The number of primary amides is 1. The van der Waals surface area contributed by atoms with Crippen LogP contribution in [-0.2, 0) is 4.79 Å².